The van der Waals surface area contributed by atoms with Gasteiger partial charge in [0.1, 0.15) is 5.38 Å². The van der Waals surface area contributed by atoms with E-state index >= 15 is 0 Å². The predicted octanol–water partition coefficient (Wildman–Crippen LogP) is 3.54. The van der Waals surface area contributed by atoms with Gasteiger partial charge in [-0.1, -0.05) is 31.2 Å². The molecule has 1 aromatic rings. The van der Waals surface area contributed by atoms with Crippen LogP contribution in [0.1, 0.15) is 42.7 Å². The molecular formula is C15H20ClNO. The molecule has 1 fully saturated rings. The van der Waals surface area contributed by atoms with Gasteiger partial charge in [0.2, 0.25) is 5.91 Å². The summed E-state index contributed by atoms with van der Waals surface area (Å²) >= 11 is 6.38. The number of piperidine rings is 1. The summed E-state index contributed by atoms with van der Waals surface area (Å²) in [7, 11) is 0. The van der Waals surface area contributed by atoms with Crippen molar-refractivity contribution in [3.8, 4) is 0 Å². The topological polar surface area (TPSA) is 20.3 Å². The Hall–Kier alpha value is -1.02. The molecule has 18 heavy (non-hydrogen) atoms. The number of carbonyl (C=O) groups excluding carboxylic acids is 1. The van der Waals surface area contributed by atoms with Crippen LogP contribution in [0.4, 0.5) is 0 Å². The number of rotatable bonds is 3. The van der Waals surface area contributed by atoms with Crippen LogP contribution in [0, 0.1) is 0 Å². The first-order valence-corrected chi connectivity index (χ1v) is 7.18. The molecule has 1 heterocycles. The Morgan fingerprint density at radius 1 is 1.28 bits per heavy atom. The fraction of sp³-hybridized carbons (Fsp3) is 0.533. The molecular weight excluding hydrogens is 246 g/mol. The number of likely N-dealkylation sites (tertiary alicyclic amines) is 1. The summed E-state index contributed by atoms with van der Waals surface area (Å²) in [6, 6.07) is 7.97. The average Bonchev–Trinajstić information content (AvgIpc) is 2.46. The standard InChI is InChI=1S/C15H20ClNO/c1-2-12-8-4-5-9-13(12)14(16)15(18)17-10-6-3-7-11-17/h4-5,8-9,14H,2-3,6-7,10-11H2,1H3. The number of carbonyl (C=O) groups is 1. The van der Waals surface area contributed by atoms with E-state index in [0.717, 1.165) is 37.9 Å². The second-order valence-corrected chi connectivity index (χ2v) is 5.24. The number of amides is 1. The summed E-state index contributed by atoms with van der Waals surface area (Å²) < 4.78 is 0. The fourth-order valence-electron chi connectivity index (χ4n) is 2.51. The fourth-order valence-corrected chi connectivity index (χ4v) is 2.86. The first kappa shape index (κ1) is 13.4. The quantitative estimate of drug-likeness (QED) is 0.766. The van der Waals surface area contributed by atoms with Crippen LogP contribution in [0.15, 0.2) is 24.3 Å². The van der Waals surface area contributed by atoms with E-state index in [1.807, 2.05) is 29.2 Å². The molecule has 0 saturated carbocycles. The van der Waals surface area contributed by atoms with Crippen LogP contribution in [0.25, 0.3) is 0 Å². The van der Waals surface area contributed by atoms with Crippen LogP contribution >= 0.6 is 11.6 Å². The summed E-state index contributed by atoms with van der Waals surface area (Å²) in [6.45, 7) is 3.81. The lowest BCUT2D eigenvalue weighted by atomic mass is 10.0. The van der Waals surface area contributed by atoms with Gasteiger partial charge < -0.3 is 4.90 Å². The Morgan fingerprint density at radius 2 is 1.94 bits per heavy atom. The number of nitrogens with zero attached hydrogens (tertiary/aromatic N) is 1. The molecule has 0 bridgehead atoms. The van der Waals surface area contributed by atoms with Crippen LogP contribution in [0.5, 0.6) is 0 Å². The smallest absolute Gasteiger partial charge is 0.245 e. The third kappa shape index (κ3) is 2.86. The number of halogens is 1. The van der Waals surface area contributed by atoms with Gasteiger partial charge in [-0.15, -0.1) is 11.6 Å². The van der Waals surface area contributed by atoms with Crippen molar-refractivity contribution in [2.24, 2.45) is 0 Å². The van der Waals surface area contributed by atoms with E-state index in [-0.39, 0.29) is 5.91 Å². The number of benzene rings is 1. The van der Waals surface area contributed by atoms with Crippen molar-refractivity contribution < 1.29 is 4.79 Å². The van der Waals surface area contributed by atoms with E-state index in [4.69, 9.17) is 11.6 Å². The van der Waals surface area contributed by atoms with Crippen LogP contribution in [0.3, 0.4) is 0 Å². The third-order valence-electron chi connectivity index (χ3n) is 3.59. The molecule has 2 nitrogen and oxygen atoms in total. The van der Waals surface area contributed by atoms with Crippen molar-refractivity contribution >= 4 is 17.5 Å². The van der Waals surface area contributed by atoms with Gasteiger partial charge in [-0.25, -0.2) is 0 Å². The zero-order valence-corrected chi connectivity index (χ0v) is 11.6. The van der Waals surface area contributed by atoms with Crippen molar-refractivity contribution in [3.63, 3.8) is 0 Å². The van der Waals surface area contributed by atoms with Gasteiger partial charge in [-0.3, -0.25) is 4.79 Å². The lowest BCUT2D eigenvalue weighted by molar-refractivity contribution is -0.131. The first-order chi connectivity index (χ1) is 8.74. The molecule has 0 aliphatic carbocycles. The van der Waals surface area contributed by atoms with Gasteiger partial charge in [0.05, 0.1) is 0 Å². The highest BCUT2D eigenvalue weighted by atomic mass is 35.5. The zero-order valence-electron chi connectivity index (χ0n) is 10.9. The molecule has 98 valence electrons. The molecule has 1 unspecified atom stereocenters. The SMILES string of the molecule is CCc1ccccc1C(Cl)C(=O)N1CCCCC1. The Morgan fingerprint density at radius 3 is 2.61 bits per heavy atom. The highest BCUT2D eigenvalue weighted by Gasteiger charge is 2.26. The minimum atomic E-state index is -0.528. The largest absolute Gasteiger partial charge is 0.341 e. The van der Waals surface area contributed by atoms with Crippen LogP contribution in [-0.2, 0) is 11.2 Å². The molecule has 1 atom stereocenters. The van der Waals surface area contributed by atoms with Crippen molar-refractivity contribution in [2.45, 2.75) is 38.0 Å². The van der Waals surface area contributed by atoms with Crippen molar-refractivity contribution in [1.29, 1.82) is 0 Å². The lowest BCUT2D eigenvalue weighted by Crippen LogP contribution is -2.37. The van der Waals surface area contributed by atoms with Crippen molar-refractivity contribution in [3.05, 3.63) is 35.4 Å². The van der Waals surface area contributed by atoms with Crippen LogP contribution in [-0.4, -0.2) is 23.9 Å². The molecule has 0 N–H and O–H groups in total. The summed E-state index contributed by atoms with van der Waals surface area (Å²) in [5.41, 5.74) is 2.14. The Bertz CT molecular complexity index is 413. The highest BCUT2D eigenvalue weighted by molar-refractivity contribution is 6.30. The molecule has 1 aliphatic rings. The van der Waals surface area contributed by atoms with E-state index < -0.39 is 5.38 Å². The zero-order chi connectivity index (χ0) is 13.0. The molecule has 1 saturated heterocycles. The summed E-state index contributed by atoms with van der Waals surface area (Å²) in [5, 5.41) is -0.528. The molecule has 0 aromatic heterocycles. The number of hydrogen-bond donors (Lipinski definition) is 0. The van der Waals surface area contributed by atoms with Crippen LogP contribution in [0.2, 0.25) is 0 Å². The maximum absolute atomic E-state index is 12.4. The minimum Gasteiger partial charge on any atom is -0.341 e. The third-order valence-corrected chi connectivity index (χ3v) is 4.02. The van der Waals surface area contributed by atoms with Crippen LogP contribution < -0.4 is 0 Å². The maximum atomic E-state index is 12.4. The van der Waals surface area contributed by atoms with Gasteiger partial charge >= 0.3 is 0 Å². The Labute approximate surface area is 114 Å². The van der Waals surface area contributed by atoms with E-state index in [1.165, 1.54) is 12.0 Å². The molecule has 1 amide bonds. The molecule has 0 radical (unpaired) electrons. The molecule has 2 rings (SSSR count). The summed E-state index contributed by atoms with van der Waals surface area (Å²) in [6.07, 6.45) is 4.34. The van der Waals surface area contributed by atoms with E-state index in [1.54, 1.807) is 0 Å². The van der Waals surface area contributed by atoms with E-state index in [9.17, 15) is 4.79 Å². The monoisotopic (exact) mass is 265 g/mol. The first-order valence-electron chi connectivity index (χ1n) is 6.74. The van der Waals surface area contributed by atoms with Gasteiger partial charge in [0, 0.05) is 13.1 Å². The van der Waals surface area contributed by atoms with Gasteiger partial charge in [-0.2, -0.15) is 0 Å². The number of aryl methyl sites for hydroxylation is 1. The van der Waals surface area contributed by atoms with Crippen molar-refractivity contribution in [1.82, 2.24) is 4.90 Å². The highest BCUT2D eigenvalue weighted by Crippen LogP contribution is 2.27. The van der Waals surface area contributed by atoms with Gasteiger partial charge in [-0.05, 0) is 36.8 Å². The second kappa shape index (κ2) is 6.24. The molecule has 1 aliphatic heterocycles. The second-order valence-electron chi connectivity index (χ2n) is 4.80. The lowest BCUT2D eigenvalue weighted by Gasteiger charge is -2.29. The van der Waals surface area contributed by atoms with Gasteiger partial charge in [0.15, 0.2) is 0 Å². The van der Waals surface area contributed by atoms with Gasteiger partial charge in [0.25, 0.3) is 0 Å². The Kier molecular flexibility index (Phi) is 4.65. The summed E-state index contributed by atoms with van der Waals surface area (Å²) in [5.74, 6) is 0.0669. The average molecular weight is 266 g/mol. The number of alkyl halides is 1. The van der Waals surface area contributed by atoms with Crippen molar-refractivity contribution in [2.75, 3.05) is 13.1 Å². The normalized spacial score (nSPS) is 17.6. The maximum Gasteiger partial charge on any atom is 0.245 e. The predicted molar refractivity (Wildman–Crippen MR) is 74.8 cm³/mol. The molecule has 3 heteroatoms. The number of hydrogen-bond acceptors (Lipinski definition) is 1. The molecule has 1 aromatic carbocycles. The minimum absolute atomic E-state index is 0.0669. The van der Waals surface area contributed by atoms with E-state index in [0.29, 0.717) is 0 Å². The van der Waals surface area contributed by atoms with E-state index in [2.05, 4.69) is 6.92 Å². The molecule has 0 spiro atoms. The Balaban J connectivity index is 2.14. The summed E-state index contributed by atoms with van der Waals surface area (Å²) in [4.78, 5) is 14.3.